The van der Waals surface area contributed by atoms with E-state index in [4.69, 9.17) is 5.11 Å². The Morgan fingerprint density at radius 3 is 2.53 bits per heavy atom. The maximum Gasteiger partial charge on any atom is 0.311 e. The molecule has 4 nitrogen and oxygen atoms in total. The van der Waals surface area contributed by atoms with Crippen LogP contribution in [0.1, 0.15) is 30.6 Å². The normalized spacial score (nSPS) is 13.7. The molecular weight excluding hydrogens is 317 g/mol. The number of carboxylic acids is 1. The number of hydrogen-bond donors (Lipinski definition) is 2. The van der Waals surface area contributed by atoms with Crippen molar-refractivity contribution in [2.45, 2.75) is 20.3 Å². The Balaban J connectivity index is 2.78. The van der Waals surface area contributed by atoms with Crippen molar-refractivity contribution < 1.29 is 19.1 Å². The minimum atomic E-state index is -1.03. The molecule has 0 saturated carbocycles. The average molecular weight is 332 g/mol. The molecule has 0 heterocycles. The first-order valence-corrected chi connectivity index (χ1v) is 6.55. The molecule has 0 aliphatic carbocycles. The van der Waals surface area contributed by atoms with Crippen molar-refractivity contribution >= 4 is 27.8 Å². The summed E-state index contributed by atoms with van der Waals surface area (Å²) in [7, 11) is 0. The highest BCUT2D eigenvalue weighted by Gasteiger charge is 2.31. The fourth-order valence-electron chi connectivity index (χ4n) is 1.41. The molecule has 0 aliphatic rings. The Hall–Kier alpha value is -1.43. The van der Waals surface area contributed by atoms with Gasteiger partial charge in [-0.1, -0.05) is 22.9 Å². The van der Waals surface area contributed by atoms with Gasteiger partial charge in [-0.25, -0.2) is 4.39 Å². The fraction of sp³-hybridized carbons (Fsp3) is 0.385. The molecule has 19 heavy (non-hydrogen) atoms. The second-order valence-corrected chi connectivity index (χ2v) is 5.48. The summed E-state index contributed by atoms with van der Waals surface area (Å²) >= 11 is 3.09. The first-order chi connectivity index (χ1) is 8.78. The van der Waals surface area contributed by atoms with Gasteiger partial charge < -0.3 is 10.4 Å². The van der Waals surface area contributed by atoms with E-state index in [-0.39, 0.29) is 12.1 Å². The molecule has 1 aromatic rings. The van der Waals surface area contributed by atoms with E-state index in [9.17, 15) is 14.0 Å². The van der Waals surface area contributed by atoms with E-state index in [1.807, 2.05) is 0 Å². The Morgan fingerprint density at radius 1 is 1.42 bits per heavy atom. The van der Waals surface area contributed by atoms with Gasteiger partial charge in [0.15, 0.2) is 0 Å². The van der Waals surface area contributed by atoms with Crippen LogP contribution in [0.5, 0.6) is 0 Å². The third kappa shape index (κ3) is 4.02. The molecule has 6 heteroatoms. The van der Waals surface area contributed by atoms with Crippen LogP contribution in [0.2, 0.25) is 0 Å². The van der Waals surface area contributed by atoms with Crippen LogP contribution >= 0.6 is 15.9 Å². The monoisotopic (exact) mass is 331 g/mol. The molecule has 1 unspecified atom stereocenters. The first kappa shape index (κ1) is 15.6. The van der Waals surface area contributed by atoms with Crippen molar-refractivity contribution in [2.75, 3.05) is 6.54 Å². The molecule has 0 aliphatic heterocycles. The second-order valence-electron chi connectivity index (χ2n) is 4.56. The molecular formula is C13H15BrFNO3. The molecule has 0 spiro atoms. The number of carboxylic acid groups (broad SMARTS) is 1. The molecule has 1 aromatic carbocycles. The molecule has 1 atom stereocenters. The summed E-state index contributed by atoms with van der Waals surface area (Å²) in [6, 6.07) is 3.82. The summed E-state index contributed by atoms with van der Waals surface area (Å²) in [6.07, 6.45) is 0.384. The number of halogens is 2. The average Bonchev–Trinajstić information content (AvgIpc) is 2.34. The largest absolute Gasteiger partial charge is 0.481 e. The number of amides is 1. The van der Waals surface area contributed by atoms with E-state index in [0.717, 1.165) is 6.07 Å². The van der Waals surface area contributed by atoms with Crippen LogP contribution in [0, 0.1) is 11.2 Å². The predicted molar refractivity (Wildman–Crippen MR) is 72.5 cm³/mol. The minimum Gasteiger partial charge on any atom is -0.481 e. The molecule has 2 N–H and O–H groups in total. The van der Waals surface area contributed by atoms with Crippen molar-refractivity contribution in [1.82, 2.24) is 5.32 Å². The van der Waals surface area contributed by atoms with Crippen molar-refractivity contribution in [3.63, 3.8) is 0 Å². The molecule has 0 radical (unpaired) electrons. The lowest BCUT2D eigenvalue weighted by Crippen LogP contribution is -2.40. The van der Waals surface area contributed by atoms with Gasteiger partial charge in [0, 0.05) is 16.6 Å². The van der Waals surface area contributed by atoms with Gasteiger partial charge in [0.25, 0.3) is 5.91 Å². The number of carbonyl (C=O) groups is 2. The molecule has 0 aromatic heterocycles. The smallest absolute Gasteiger partial charge is 0.311 e. The SMILES string of the molecule is CCC(C)(CNC(=O)c1cc(F)cc(Br)c1)C(=O)O. The van der Waals surface area contributed by atoms with E-state index in [2.05, 4.69) is 21.2 Å². The second kappa shape index (κ2) is 6.14. The number of aliphatic carboxylic acids is 1. The number of rotatable bonds is 5. The van der Waals surface area contributed by atoms with Crippen LogP contribution in [-0.4, -0.2) is 23.5 Å². The molecule has 0 fully saturated rings. The van der Waals surface area contributed by atoms with E-state index in [1.54, 1.807) is 13.8 Å². The number of nitrogens with one attached hydrogen (secondary N) is 1. The zero-order chi connectivity index (χ0) is 14.6. The van der Waals surface area contributed by atoms with Gasteiger partial charge in [-0.05, 0) is 31.5 Å². The van der Waals surface area contributed by atoms with Gasteiger partial charge in [-0.2, -0.15) is 0 Å². The predicted octanol–water partition coefficient (Wildman–Crippen LogP) is 2.82. The molecule has 0 saturated heterocycles. The van der Waals surface area contributed by atoms with Gasteiger partial charge in [0.2, 0.25) is 0 Å². The van der Waals surface area contributed by atoms with E-state index in [0.29, 0.717) is 10.9 Å². The molecule has 0 bridgehead atoms. The van der Waals surface area contributed by atoms with E-state index >= 15 is 0 Å². The Bertz CT molecular complexity index is 486. The lowest BCUT2D eigenvalue weighted by molar-refractivity contribution is -0.147. The van der Waals surface area contributed by atoms with Crippen LogP contribution in [0.4, 0.5) is 4.39 Å². The zero-order valence-corrected chi connectivity index (χ0v) is 12.3. The van der Waals surface area contributed by atoms with Crippen LogP contribution in [0.15, 0.2) is 22.7 Å². The number of hydrogen-bond acceptors (Lipinski definition) is 2. The minimum absolute atomic E-state index is 0.00814. The maximum atomic E-state index is 13.2. The molecule has 104 valence electrons. The van der Waals surface area contributed by atoms with Gasteiger partial charge in [-0.15, -0.1) is 0 Å². The van der Waals surface area contributed by atoms with E-state index in [1.165, 1.54) is 12.1 Å². The zero-order valence-electron chi connectivity index (χ0n) is 10.7. The summed E-state index contributed by atoms with van der Waals surface area (Å²) < 4.78 is 13.6. The third-order valence-electron chi connectivity index (χ3n) is 3.06. The summed E-state index contributed by atoms with van der Waals surface area (Å²) in [5, 5.41) is 11.6. The van der Waals surface area contributed by atoms with Crippen LogP contribution in [0.25, 0.3) is 0 Å². The summed E-state index contributed by atoms with van der Waals surface area (Å²) in [5.74, 6) is -2.01. The van der Waals surface area contributed by atoms with Crippen LogP contribution in [-0.2, 0) is 4.79 Å². The summed E-state index contributed by atoms with van der Waals surface area (Å²) in [4.78, 5) is 22.9. The Kier molecular flexibility index (Phi) is 5.05. The lowest BCUT2D eigenvalue weighted by atomic mass is 9.87. The highest BCUT2D eigenvalue weighted by Crippen LogP contribution is 2.20. The highest BCUT2D eigenvalue weighted by molar-refractivity contribution is 9.10. The number of benzene rings is 1. The van der Waals surface area contributed by atoms with Gasteiger partial charge >= 0.3 is 5.97 Å². The topological polar surface area (TPSA) is 66.4 Å². The Labute approximate surface area is 119 Å². The number of carbonyl (C=O) groups excluding carboxylic acids is 1. The van der Waals surface area contributed by atoms with Crippen LogP contribution < -0.4 is 5.32 Å². The molecule has 1 amide bonds. The van der Waals surface area contributed by atoms with Gasteiger partial charge in [0.05, 0.1) is 5.41 Å². The fourth-order valence-corrected chi connectivity index (χ4v) is 1.88. The van der Waals surface area contributed by atoms with Gasteiger partial charge in [-0.3, -0.25) is 9.59 Å². The lowest BCUT2D eigenvalue weighted by Gasteiger charge is -2.23. The van der Waals surface area contributed by atoms with Crippen molar-refractivity contribution in [1.29, 1.82) is 0 Å². The van der Waals surface area contributed by atoms with Crippen molar-refractivity contribution in [3.05, 3.63) is 34.1 Å². The maximum absolute atomic E-state index is 13.2. The highest BCUT2D eigenvalue weighted by atomic mass is 79.9. The van der Waals surface area contributed by atoms with Crippen molar-refractivity contribution in [2.24, 2.45) is 5.41 Å². The Morgan fingerprint density at radius 2 is 2.05 bits per heavy atom. The standard InChI is InChI=1S/C13H15BrFNO3/c1-3-13(2,12(18)19)7-16-11(17)8-4-9(14)6-10(15)5-8/h4-6H,3,7H2,1-2H3,(H,16,17)(H,18,19). The van der Waals surface area contributed by atoms with Crippen LogP contribution in [0.3, 0.4) is 0 Å². The summed E-state index contributed by atoms with van der Waals surface area (Å²) in [6.45, 7) is 3.28. The van der Waals surface area contributed by atoms with Gasteiger partial charge in [0.1, 0.15) is 5.82 Å². The first-order valence-electron chi connectivity index (χ1n) is 5.76. The quantitative estimate of drug-likeness (QED) is 0.871. The van der Waals surface area contributed by atoms with E-state index < -0.39 is 23.1 Å². The third-order valence-corrected chi connectivity index (χ3v) is 3.52. The van der Waals surface area contributed by atoms with Crippen molar-refractivity contribution in [3.8, 4) is 0 Å². The summed E-state index contributed by atoms with van der Waals surface area (Å²) in [5.41, 5.74) is -0.879. The molecule has 1 rings (SSSR count).